The average molecular weight is 167 g/mol. The van der Waals surface area contributed by atoms with E-state index in [0.717, 1.165) is 12.8 Å². The molecule has 1 saturated carbocycles. The van der Waals surface area contributed by atoms with Gasteiger partial charge in [-0.1, -0.05) is 25.3 Å². The minimum absolute atomic E-state index is 0.122. The summed E-state index contributed by atoms with van der Waals surface area (Å²) in [7, 11) is 0. The second kappa shape index (κ2) is 4.96. The SMILES string of the molecule is C=CCC(=O)NC1CCCCC1. The van der Waals surface area contributed by atoms with Gasteiger partial charge in [-0.05, 0) is 12.8 Å². The molecule has 1 aliphatic carbocycles. The zero-order valence-electron chi connectivity index (χ0n) is 7.51. The number of nitrogens with one attached hydrogen (secondary N) is 1. The fourth-order valence-corrected chi connectivity index (χ4v) is 1.66. The van der Waals surface area contributed by atoms with Crippen LogP contribution in [0.25, 0.3) is 0 Å². The highest BCUT2D eigenvalue weighted by atomic mass is 16.1. The Labute approximate surface area is 74.0 Å². The maximum Gasteiger partial charge on any atom is 0.224 e. The van der Waals surface area contributed by atoms with Gasteiger partial charge >= 0.3 is 0 Å². The lowest BCUT2D eigenvalue weighted by molar-refractivity contribution is -0.121. The van der Waals surface area contributed by atoms with Gasteiger partial charge in [0.2, 0.25) is 5.91 Å². The number of amides is 1. The van der Waals surface area contributed by atoms with Crippen molar-refractivity contribution in [3.05, 3.63) is 12.7 Å². The third-order valence-corrected chi connectivity index (χ3v) is 2.30. The van der Waals surface area contributed by atoms with Gasteiger partial charge in [-0.15, -0.1) is 6.58 Å². The molecule has 1 amide bonds. The minimum atomic E-state index is 0.122. The molecule has 1 N–H and O–H groups in total. The number of carbonyl (C=O) groups excluding carboxylic acids is 1. The first-order valence-corrected chi connectivity index (χ1v) is 4.73. The average Bonchev–Trinajstić information content (AvgIpc) is 2.06. The van der Waals surface area contributed by atoms with Crippen molar-refractivity contribution in [2.45, 2.75) is 44.6 Å². The summed E-state index contributed by atoms with van der Waals surface area (Å²) in [5.74, 6) is 0.122. The van der Waals surface area contributed by atoms with Crippen molar-refractivity contribution in [2.24, 2.45) is 0 Å². The molecule has 2 heteroatoms. The Morgan fingerprint density at radius 3 is 2.67 bits per heavy atom. The van der Waals surface area contributed by atoms with Crippen LogP contribution >= 0.6 is 0 Å². The van der Waals surface area contributed by atoms with Crippen LogP contribution in [-0.4, -0.2) is 11.9 Å². The van der Waals surface area contributed by atoms with Gasteiger partial charge in [-0.3, -0.25) is 4.79 Å². The Morgan fingerprint density at radius 2 is 2.08 bits per heavy atom. The van der Waals surface area contributed by atoms with Crippen LogP contribution in [-0.2, 0) is 4.79 Å². The second-order valence-corrected chi connectivity index (χ2v) is 3.40. The summed E-state index contributed by atoms with van der Waals surface area (Å²) in [5.41, 5.74) is 0. The van der Waals surface area contributed by atoms with Crippen molar-refractivity contribution in [1.82, 2.24) is 5.32 Å². The smallest absolute Gasteiger partial charge is 0.224 e. The fraction of sp³-hybridized carbons (Fsp3) is 0.700. The van der Waals surface area contributed by atoms with Crippen molar-refractivity contribution in [3.8, 4) is 0 Å². The van der Waals surface area contributed by atoms with Crippen LogP contribution in [0.15, 0.2) is 12.7 Å². The normalized spacial score (nSPS) is 18.7. The predicted octanol–water partition coefficient (Wildman–Crippen LogP) is 2.01. The second-order valence-electron chi connectivity index (χ2n) is 3.40. The molecule has 0 spiro atoms. The summed E-state index contributed by atoms with van der Waals surface area (Å²) in [6.07, 6.45) is 8.27. The molecule has 12 heavy (non-hydrogen) atoms. The number of hydrogen-bond donors (Lipinski definition) is 1. The molecule has 0 bridgehead atoms. The standard InChI is InChI=1S/C10H17NO/c1-2-6-10(12)11-9-7-4-3-5-8-9/h2,9H,1,3-8H2,(H,11,12). The van der Waals surface area contributed by atoms with E-state index in [-0.39, 0.29) is 5.91 Å². The third kappa shape index (κ3) is 3.07. The molecule has 0 atom stereocenters. The van der Waals surface area contributed by atoms with Gasteiger partial charge in [0.25, 0.3) is 0 Å². The van der Waals surface area contributed by atoms with Crippen molar-refractivity contribution < 1.29 is 4.79 Å². The maximum atomic E-state index is 11.1. The van der Waals surface area contributed by atoms with E-state index in [1.54, 1.807) is 6.08 Å². The molecular formula is C10H17NO. The minimum Gasteiger partial charge on any atom is -0.353 e. The van der Waals surface area contributed by atoms with E-state index in [1.165, 1.54) is 19.3 Å². The quantitative estimate of drug-likeness (QED) is 0.640. The lowest BCUT2D eigenvalue weighted by atomic mass is 9.95. The summed E-state index contributed by atoms with van der Waals surface area (Å²) in [4.78, 5) is 11.1. The molecule has 0 aromatic heterocycles. The van der Waals surface area contributed by atoms with Crippen molar-refractivity contribution in [3.63, 3.8) is 0 Å². The third-order valence-electron chi connectivity index (χ3n) is 2.30. The summed E-state index contributed by atoms with van der Waals surface area (Å²) >= 11 is 0. The number of carbonyl (C=O) groups is 1. The maximum absolute atomic E-state index is 11.1. The Bertz CT molecular complexity index is 159. The van der Waals surface area contributed by atoms with Gasteiger partial charge in [0, 0.05) is 12.5 Å². The first-order chi connectivity index (χ1) is 5.83. The van der Waals surface area contributed by atoms with E-state index in [4.69, 9.17) is 0 Å². The van der Waals surface area contributed by atoms with Gasteiger partial charge < -0.3 is 5.32 Å². The number of rotatable bonds is 3. The molecule has 1 fully saturated rings. The van der Waals surface area contributed by atoms with Crippen molar-refractivity contribution in [2.75, 3.05) is 0 Å². The largest absolute Gasteiger partial charge is 0.353 e. The fourth-order valence-electron chi connectivity index (χ4n) is 1.66. The van der Waals surface area contributed by atoms with Crippen LogP contribution in [0.5, 0.6) is 0 Å². The highest BCUT2D eigenvalue weighted by Crippen LogP contribution is 2.17. The Kier molecular flexibility index (Phi) is 3.85. The van der Waals surface area contributed by atoms with E-state index < -0.39 is 0 Å². The molecule has 0 saturated heterocycles. The molecule has 0 radical (unpaired) electrons. The molecule has 2 nitrogen and oxygen atoms in total. The zero-order valence-corrected chi connectivity index (χ0v) is 7.51. The number of hydrogen-bond acceptors (Lipinski definition) is 1. The highest BCUT2D eigenvalue weighted by Gasteiger charge is 2.14. The molecule has 0 aliphatic heterocycles. The molecule has 0 unspecified atom stereocenters. The van der Waals surface area contributed by atoms with Crippen LogP contribution in [0.2, 0.25) is 0 Å². The van der Waals surface area contributed by atoms with E-state index in [0.29, 0.717) is 12.5 Å². The van der Waals surface area contributed by atoms with E-state index in [1.807, 2.05) is 0 Å². The van der Waals surface area contributed by atoms with Gasteiger partial charge in [-0.25, -0.2) is 0 Å². The summed E-state index contributed by atoms with van der Waals surface area (Å²) in [5, 5.41) is 3.01. The Hall–Kier alpha value is -0.790. The van der Waals surface area contributed by atoms with Gasteiger partial charge in [0.05, 0.1) is 0 Å². The molecule has 68 valence electrons. The lowest BCUT2D eigenvalue weighted by Crippen LogP contribution is -2.35. The van der Waals surface area contributed by atoms with Gasteiger partial charge in [-0.2, -0.15) is 0 Å². The topological polar surface area (TPSA) is 29.1 Å². The van der Waals surface area contributed by atoms with E-state index in [9.17, 15) is 4.79 Å². The van der Waals surface area contributed by atoms with Crippen LogP contribution in [0, 0.1) is 0 Å². The molecule has 1 aliphatic rings. The van der Waals surface area contributed by atoms with E-state index in [2.05, 4.69) is 11.9 Å². The first-order valence-electron chi connectivity index (χ1n) is 4.73. The van der Waals surface area contributed by atoms with E-state index >= 15 is 0 Å². The van der Waals surface area contributed by atoms with Crippen molar-refractivity contribution >= 4 is 5.91 Å². The molecule has 1 rings (SSSR count). The summed E-state index contributed by atoms with van der Waals surface area (Å²) < 4.78 is 0. The summed E-state index contributed by atoms with van der Waals surface area (Å²) in [6, 6.07) is 0.436. The van der Waals surface area contributed by atoms with Crippen LogP contribution in [0.3, 0.4) is 0 Å². The lowest BCUT2D eigenvalue weighted by Gasteiger charge is -2.22. The van der Waals surface area contributed by atoms with Crippen LogP contribution in [0.4, 0.5) is 0 Å². The van der Waals surface area contributed by atoms with Crippen LogP contribution < -0.4 is 5.32 Å². The monoisotopic (exact) mass is 167 g/mol. The molecule has 0 aromatic carbocycles. The molecule has 0 aromatic rings. The van der Waals surface area contributed by atoms with Crippen molar-refractivity contribution in [1.29, 1.82) is 0 Å². The predicted molar refractivity (Wildman–Crippen MR) is 49.8 cm³/mol. The highest BCUT2D eigenvalue weighted by molar-refractivity contribution is 5.77. The Balaban J connectivity index is 2.19. The van der Waals surface area contributed by atoms with Gasteiger partial charge in [0.1, 0.15) is 0 Å². The van der Waals surface area contributed by atoms with Crippen LogP contribution in [0.1, 0.15) is 38.5 Å². The first kappa shape index (κ1) is 9.30. The summed E-state index contributed by atoms with van der Waals surface area (Å²) in [6.45, 7) is 3.53. The Morgan fingerprint density at radius 1 is 1.42 bits per heavy atom. The molecular weight excluding hydrogens is 150 g/mol. The molecule has 0 heterocycles. The van der Waals surface area contributed by atoms with Gasteiger partial charge in [0.15, 0.2) is 0 Å². The zero-order chi connectivity index (χ0) is 8.81.